The molecule has 0 aromatic carbocycles. The lowest BCUT2D eigenvalue weighted by Crippen LogP contribution is -2.40. The Hall–Kier alpha value is -0.445. The molecule has 0 N–H and O–H groups in total. The van der Waals surface area contributed by atoms with Gasteiger partial charge in [0.15, 0.2) is 0 Å². The van der Waals surface area contributed by atoms with Crippen molar-refractivity contribution in [2.45, 2.75) is 26.7 Å². The third-order valence-electron chi connectivity index (χ3n) is 3.10. The van der Waals surface area contributed by atoms with Gasteiger partial charge in [0, 0.05) is 0 Å². The Morgan fingerprint density at radius 2 is 1.73 bits per heavy atom. The fourth-order valence-electron chi connectivity index (χ4n) is 1.71. The summed E-state index contributed by atoms with van der Waals surface area (Å²) >= 11 is 0. The summed E-state index contributed by atoms with van der Waals surface area (Å²) in [4.78, 5) is 1.85. The normalized spacial score (nSPS) is 22.7. The van der Waals surface area contributed by atoms with E-state index in [1.165, 1.54) is 0 Å². The molecule has 0 aromatic rings. The van der Waals surface area contributed by atoms with Crippen molar-refractivity contribution in [2.75, 3.05) is 19.6 Å². The Morgan fingerprint density at radius 1 is 1.27 bits per heavy atom. The van der Waals surface area contributed by atoms with Gasteiger partial charge in [-0.1, -0.05) is 13.8 Å². The maximum absolute atomic E-state index is 12.3. The Bertz CT molecular complexity index is 238. The molecule has 1 heterocycles. The second-order valence-corrected chi connectivity index (χ2v) is 5.17. The summed E-state index contributed by atoms with van der Waals surface area (Å²) in [5.74, 6) is 0. The van der Waals surface area contributed by atoms with Crippen LogP contribution in [0.5, 0.6) is 0 Å². The zero-order valence-corrected chi connectivity index (χ0v) is 9.40. The van der Waals surface area contributed by atoms with Crippen molar-refractivity contribution in [3.63, 3.8) is 0 Å². The van der Waals surface area contributed by atoms with E-state index in [2.05, 4.69) is 20.4 Å². The summed E-state index contributed by atoms with van der Waals surface area (Å²) in [5.41, 5.74) is -0.295. The van der Waals surface area contributed by atoms with E-state index in [1.54, 1.807) is 0 Å². The van der Waals surface area contributed by atoms with Crippen LogP contribution in [0.25, 0.3) is 0 Å². The number of halogens is 3. The van der Waals surface area contributed by atoms with Crippen molar-refractivity contribution >= 4 is 6.98 Å². The molecule has 1 nitrogen and oxygen atoms in total. The van der Waals surface area contributed by atoms with Crippen molar-refractivity contribution in [1.29, 1.82) is 0 Å². The van der Waals surface area contributed by atoms with Crippen LogP contribution in [0.3, 0.4) is 0 Å². The van der Waals surface area contributed by atoms with Crippen LogP contribution in [-0.4, -0.2) is 31.5 Å². The van der Waals surface area contributed by atoms with E-state index in [9.17, 15) is 12.9 Å². The summed E-state index contributed by atoms with van der Waals surface area (Å²) in [6.07, 6.45) is 1.93. The zero-order valence-electron chi connectivity index (χ0n) is 9.40. The molecule has 0 radical (unpaired) electrons. The second kappa shape index (κ2) is 4.20. The van der Waals surface area contributed by atoms with Crippen molar-refractivity contribution in [1.82, 2.24) is 4.90 Å². The third kappa shape index (κ3) is 3.90. The molecule has 0 aliphatic carbocycles. The molecular weight excluding hydrogens is 202 g/mol. The van der Waals surface area contributed by atoms with Gasteiger partial charge in [-0.05, 0) is 37.9 Å². The van der Waals surface area contributed by atoms with Gasteiger partial charge in [0.25, 0.3) is 0 Å². The monoisotopic (exact) mass is 220 g/mol. The standard InChI is InChI=1S/C10H18BF3N/c1-9(11(12,13)14)8-15-6-4-10(2,3)5-7-15/h1,4-8H2,2-3H3/q-1. The van der Waals surface area contributed by atoms with Crippen molar-refractivity contribution < 1.29 is 12.9 Å². The van der Waals surface area contributed by atoms with Gasteiger partial charge >= 0.3 is 6.98 Å². The number of hydrogen-bond acceptors (Lipinski definition) is 1. The molecule has 15 heavy (non-hydrogen) atoms. The molecular formula is C10H18BF3N-. The van der Waals surface area contributed by atoms with Crippen molar-refractivity contribution in [3.8, 4) is 0 Å². The third-order valence-corrected chi connectivity index (χ3v) is 3.10. The first kappa shape index (κ1) is 12.6. The van der Waals surface area contributed by atoms with Gasteiger partial charge in [0.1, 0.15) is 0 Å². The molecule has 88 valence electrons. The van der Waals surface area contributed by atoms with Gasteiger partial charge in [-0.2, -0.15) is 0 Å². The molecule has 0 saturated carbocycles. The average molecular weight is 220 g/mol. The molecule has 0 atom stereocenters. The highest BCUT2D eigenvalue weighted by Gasteiger charge is 2.30. The fraction of sp³-hybridized carbons (Fsp3) is 0.800. The highest BCUT2D eigenvalue weighted by atomic mass is 19.4. The number of piperidine rings is 1. The molecule has 0 aromatic heterocycles. The van der Waals surface area contributed by atoms with Crippen molar-refractivity contribution in [3.05, 3.63) is 12.1 Å². The molecule has 1 aliphatic heterocycles. The summed E-state index contributed by atoms with van der Waals surface area (Å²) in [6, 6.07) is 0. The highest BCUT2D eigenvalue weighted by Crippen LogP contribution is 2.30. The second-order valence-electron chi connectivity index (χ2n) is 5.17. The molecule has 5 heteroatoms. The van der Waals surface area contributed by atoms with Crippen LogP contribution in [0.4, 0.5) is 12.9 Å². The van der Waals surface area contributed by atoms with Crippen LogP contribution in [0.2, 0.25) is 0 Å². The predicted octanol–water partition coefficient (Wildman–Crippen LogP) is 3.05. The zero-order chi connectivity index (χ0) is 11.7. The Labute approximate surface area is 89.4 Å². The van der Waals surface area contributed by atoms with Gasteiger partial charge in [-0.15, -0.1) is 12.1 Å². The largest absolute Gasteiger partial charge is 0.506 e. The fourth-order valence-corrected chi connectivity index (χ4v) is 1.71. The van der Waals surface area contributed by atoms with Crippen LogP contribution in [0, 0.1) is 5.41 Å². The van der Waals surface area contributed by atoms with E-state index < -0.39 is 12.4 Å². The van der Waals surface area contributed by atoms with E-state index in [0.717, 1.165) is 25.9 Å². The molecule has 1 fully saturated rings. The van der Waals surface area contributed by atoms with Crippen molar-refractivity contribution in [2.24, 2.45) is 5.41 Å². The lowest BCUT2D eigenvalue weighted by molar-refractivity contribution is 0.142. The van der Waals surface area contributed by atoms with Gasteiger partial charge in [-0.3, -0.25) is 0 Å². The quantitative estimate of drug-likeness (QED) is 0.660. The average Bonchev–Trinajstić information content (AvgIpc) is 2.07. The lowest BCUT2D eigenvalue weighted by atomic mass is 9.78. The highest BCUT2D eigenvalue weighted by molar-refractivity contribution is 6.66. The van der Waals surface area contributed by atoms with E-state index in [-0.39, 0.29) is 12.0 Å². The van der Waals surface area contributed by atoms with Gasteiger partial charge in [0.05, 0.1) is 0 Å². The predicted molar refractivity (Wildman–Crippen MR) is 57.7 cm³/mol. The molecule has 0 unspecified atom stereocenters. The number of nitrogens with zero attached hydrogens (tertiary/aromatic N) is 1. The maximum Gasteiger partial charge on any atom is 0.506 e. The Morgan fingerprint density at radius 3 is 2.13 bits per heavy atom. The minimum atomic E-state index is -4.86. The van der Waals surface area contributed by atoms with Crippen LogP contribution in [0.1, 0.15) is 26.7 Å². The number of hydrogen-bond donors (Lipinski definition) is 0. The van der Waals surface area contributed by atoms with Gasteiger partial charge < -0.3 is 17.8 Å². The topological polar surface area (TPSA) is 3.24 Å². The van der Waals surface area contributed by atoms with Crippen LogP contribution in [-0.2, 0) is 0 Å². The molecule has 0 amide bonds. The minimum absolute atomic E-state index is 0.0143. The van der Waals surface area contributed by atoms with Crippen LogP contribution < -0.4 is 0 Å². The van der Waals surface area contributed by atoms with Crippen LogP contribution >= 0.6 is 0 Å². The Kier molecular flexibility index (Phi) is 3.53. The summed E-state index contributed by atoms with van der Waals surface area (Å²) in [5, 5.41) is 0. The maximum atomic E-state index is 12.3. The number of likely N-dealkylation sites (tertiary alicyclic amines) is 1. The van der Waals surface area contributed by atoms with Crippen LogP contribution in [0.15, 0.2) is 12.1 Å². The molecule has 0 spiro atoms. The number of rotatable bonds is 3. The molecule has 0 bridgehead atoms. The van der Waals surface area contributed by atoms with E-state index in [0.29, 0.717) is 0 Å². The summed E-state index contributed by atoms with van der Waals surface area (Å²) in [7, 11) is 0. The SMILES string of the molecule is C=C(CN1CCC(C)(C)CC1)[B-](F)(F)F. The smallest absolute Gasteiger partial charge is 0.445 e. The van der Waals surface area contributed by atoms with E-state index in [1.807, 2.05) is 4.90 Å². The van der Waals surface area contributed by atoms with E-state index >= 15 is 0 Å². The minimum Gasteiger partial charge on any atom is -0.445 e. The Balaban J connectivity index is 2.40. The lowest BCUT2D eigenvalue weighted by Gasteiger charge is -2.38. The summed E-state index contributed by atoms with van der Waals surface area (Å²) < 4.78 is 36.9. The first-order valence-corrected chi connectivity index (χ1v) is 5.31. The summed E-state index contributed by atoms with van der Waals surface area (Å²) in [6.45, 7) is 4.06. The first-order valence-electron chi connectivity index (χ1n) is 5.31. The van der Waals surface area contributed by atoms with Gasteiger partial charge in [-0.25, -0.2) is 0 Å². The molecule has 1 aliphatic rings. The van der Waals surface area contributed by atoms with Gasteiger partial charge in [0.2, 0.25) is 0 Å². The molecule has 1 saturated heterocycles. The van der Waals surface area contributed by atoms with E-state index in [4.69, 9.17) is 0 Å². The first-order chi connectivity index (χ1) is 6.71. The molecule has 1 rings (SSSR count).